The van der Waals surface area contributed by atoms with Gasteiger partial charge in [-0.15, -0.1) is 0 Å². The fourth-order valence-electron chi connectivity index (χ4n) is 3.65. The zero-order valence-corrected chi connectivity index (χ0v) is 14.8. The zero-order chi connectivity index (χ0) is 18.9. The van der Waals surface area contributed by atoms with E-state index in [1.165, 1.54) is 4.90 Å². The van der Waals surface area contributed by atoms with Gasteiger partial charge < -0.3 is 4.90 Å². The van der Waals surface area contributed by atoms with E-state index in [0.717, 1.165) is 5.56 Å². The topological polar surface area (TPSA) is 70.6 Å². The van der Waals surface area contributed by atoms with Crippen LogP contribution in [0.4, 0.5) is 13.2 Å². The number of pyridine rings is 1. The van der Waals surface area contributed by atoms with Crippen molar-refractivity contribution >= 4 is 15.7 Å². The monoisotopic (exact) mass is 391 g/mol. The summed E-state index contributed by atoms with van der Waals surface area (Å²) in [5, 5.41) is 0. The third kappa shape index (κ3) is 4.53. The van der Waals surface area contributed by atoms with Crippen LogP contribution in [0.3, 0.4) is 0 Å². The summed E-state index contributed by atoms with van der Waals surface area (Å²) in [6.07, 6.45) is -2.94. The molecule has 2 aliphatic heterocycles. The van der Waals surface area contributed by atoms with Crippen LogP contribution in [0.5, 0.6) is 0 Å². The SMILES string of the molecule is O=C(CCC(F)(F)F)N1CCN(Cc2ccncc2)[C@@H]2CS(=O)(=O)C[C@@H]21. The average molecular weight is 391 g/mol. The van der Waals surface area contributed by atoms with Gasteiger partial charge >= 0.3 is 6.18 Å². The third-order valence-corrected chi connectivity index (χ3v) is 6.57. The molecule has 3 rings (SSSR count). The lowest BCUT2D eigenvalue weighted by Gasteiger charge is -2.44. The highest BCUT2D eigenvalue weighted by Gasteiger charge is 2.48. The Balaban J connectivity index is 1.73. The summed E-state index contributed by atoms with van der Waals surface area (Å²) in [6, 6.07) is 2.69. The first-order valence-electron chi connectivity index (χ1n) is 8.34. The van der Waals surface area contributed by atoms with E-state index in [1.807, 2.05) is 17.0 Å². The van der Waals surface area contributed by atoms with Crippen LogP contribution in [-0.2, 0) is 21.2 Å². The number of amides is 1. The number of carbonyl (C=O) groups excluding carboxylic acids is 1. The molecule has 26 heavy (non-hydrogen) atoms. The first-order valence-corrected chi connectivity index (χ1v) is 10.2. The van der Waals surface area contributed by atoms with Gasteiger partial charge in [-0.1, -0.05) is 0 Å². The molecule has 2 aliphatic rings. The Bertz CT molecular complexity index is 755. The number of hydrogen-bond donors (Lipinski definition) is 0. The molecule has 2 saturated heterocycles. The summed E-state index contributed by atoms with van der Waals surface area (Å²) < 4.78 is 61.4. The van der Waals surface area contributed by atoms with E-state index in [9.17, 15) is 26.4 Å². The molecule has 0 radical (unpaired) electrons. The van der Waals surface area contributed by atoms with Crippen LogP contribution in [0.25, 0.3) is 0 Å². The molecule has 3 heterocycles. The van der Waals surface area contributed by atoms with Crippen LogP contribution in [0.2, 0.25) is 0 Å². The van der Waals surface area contributed by atoms with Gasteiger partial charge in [-0.2, -0.15) is 13.2 Å². The van der Waals surface area contributed by atoms with Crippen LogP contribution in [0.1, 0.15) is 18.4 Å². The Morgan fingerprint density at radius 1 is 1.15 bits per heavy atom. The van der Waals surface area contributed by atoms with Gasteiger partial charge in [-0.05, 0) is 17.7 Å². The Morgan fingerprint density at radius 3 is 2.46 bits per heavy atom. The highest BCUT2D eigenvalue weighted by atomic mass is 32.2. The number of sulfone groups is 1. The maximum atomic E-state index is 12.4. The van der Waals surface area contributed by atoms with Crippen molar-refractivity contribution in [1.29, 1.82) is 0 Å². The van der Waals surface area contributed by atoms with E-state index in [0.29, 0.717) is 13.1 Å². The van der Waals surface area contributed by atoms with Gasteiger partial charge in [0.25, 0.3) is 0 Å². The highest BCUT2D eigenvalue weighted by Crippen LogP contribution is 2.30. The predicted molar refractivity (Wildman–Crippen MR) is 87.9 cm³/mol. The van der Waals surface area contributed by atoms with Gasteiger partial charge in [0.1, 0.15) is 0 Å². The molecule has 10 heteroatoms. The van der Waals surface area contributed by atoms with Crippen molar-refractivity contribution in [3.8, 4) is 0 Å². The molecule has 0 bridgehead atoms. The number of halogens is 3. The summed E-state index contributed by atoms with van der Waals surface area (Å²) in [7, 11) is -3.33. The summed E-state index contributed by atoms with van der Waals surface area (Å²) >= 11 is 0. The summed E-state index contributed by atoms with van der Waals surface area (Å²) in [5.74, 6) is -0.897. The van der Waals surface area contributed by atoms with Gasteiger partial charge in [-0.3, -0.25) is 14.7 Å². The second-order valence-corrected chi connectivity index (χ2v) is 8.89. The minimum absolute atomic E-state index is 0.0776. The van der Waals surface area contributed by atoms with E-state index in [4.69, 9.17) is 0 Å². The first kappa shape index (κ1) is 19.1. The Kier molecular flexibility index (Phi) is 5.25. The molecular weight excluding hydrogens is 371 g/mol. The van der Waals surface area contributed by atoms with Crippen molar-refractivity contribution in [3.05, 3.63) is 30.1 Å². The van der Waals surface area contributed by atoms with Crippen molar-refractivity contribution in [3.63, 3.8) is 0 Å². The van der Waals surface area contributed by atoms with Crippen molar-refractivity contribution < 1.29 is 26.4 Å². The predicted octanol–water partition coefficient (Wildman–Crippen LogP) is 1.23. The van der Waals surface area contributed by atoms with Gasteiger partial charge in [0.2, 0.25) is 5.91 Å². The van der Waals surface area contributed by atoms with Crippen LogP contribution in [-0.4, -0.2) is 72.0 Å². The van der Waals surface area contributed by atoms with E-state index < -0.39 is 46.8 Å². The lowest BCUT2D eigenvalue weighted by atomic mass is 10.0. The summed E-state index contributed by atoms with van der Waals surface area (Å²) in [5.41, 5.74) is 0.972. The third-order valence-electron chi connectivity index (χ3n) is 4.87. The molecule has 0 spiro atoms. The van der Waals surface area contributed by atoms with Gasteiger partial charge in [0.05, 0.1) is 24.0 Å². The quantitative estimate of drug-likeness (QED) is 0.772. The van der Waals surface area contributed by atoms with Gasteiger partial charge in [0.15, 0.2) is 9.84 Å². The Labute approximate surface area is 149 Å². The fourth-order valence-corrected chi connectivity index (χ4v) is 5.66. The molecule has 2 fully saturated rings. The molecule has 0 unspecified atom stereocenters. The van der Waals surface area contributed by atoms with Crippen molar-refractivity contribution in [1.82, 2.24) is 14.8 Å². The Hall–Kier alpha value is -1.68. The highest BCUT2D eigenvalue weighted by molar-refractivity contribution is 7.91. The number of piperazine rings is 1. The van der Waals surface area contributed by atoms with Crippen molar-refractivity contribution in [2.24, 2.45) is 0 Å². The maximum absolute atomic E-state index is 12.4. The number of aromatic nitrogens is 1. The number of nitrogens with zero attached hydrogens (tertiary/aromatic N) is 3. The molecule has 0 saturated carbocycles. The van der Waals surface area contributed by atoms with Crippen LogP contribution in [0.15, 0.2) is 24.5 Å². The number of carbonyl (C=O) groups is 1. The molecule has 0 aromatic carbocycles. The fraction of sp³-hybridized carbons (Fsp3) is 0.625. The van der Waals surface area contributed by atoms with Crippen LogP contribution in [0, 0.1) is 0 Å². The second kappa shape index (κ2) is 7.15. The van der Waals surface area contributed by atoms with E-state index in [1.54, 1.807) is 12.4 Å². The molecule has 2 atom stereocenters. The van der Waals surface area contributed by atoms with E-state index in [2.05, 4.69) is 4.98 Å². The maximum Gasteiger partial charge on any atom is 0.389 e. The van der Waals surface area contributed by atoms with Gasteiger partial charge in [-0.25, -0.2) is 8.42 Å². The molecule has 1 aromatic rings. The number of alkyl halides is 3. The summed E-state index contributed by atoms with van der Waals surface area (Å²) in [6.45, 7) is 1.18. The smallest absolute Gasteiger partial charge is 0.336 e. The second-order valence-electron chi connectivity index (χ2n) is 6.74. The first-order chi connectivity index (χ1) is 12.1. The molecule has 0 N–H and O–H groups in total. The zero-order valence-electron chi connectivity index (χ0n) is 14.0. The lowest BCUT2D eigenvalue weighted by Crippen LogP contribution is -2.60. The minimum Gasteiger partial charge on any atom is -0.336 e. The van der Waals surface area contributed by atoms with Gasteiger partial charge in [0, 0.05) is 44.5 Å². The van der Waals surface area contributed by atoms with E-state index >= 15 is 0 Å². The Morgan fingerprint density at radius 2 is 1.81 bits per heavy atom. The van der Waals surface area contributed by atoms with Crippen LogP contribution < -0.4 is 0 Å². The summed E-state index contributed by atoms with van der Waals surface area (Å²) in [4.78, 5) is 19.5. The van der Waals surface area contributed by atoms with Crippen molar-refractivity contribution in [2.75, 3.05) is 24.6 Å². The lowest BCUT2D eigenvalue weighted by molar-refractivity contribution is -0.152. The minimum atomic E-state index is -4.40. The molecule has 1 aromatic heterocycles. The number of hydrogen-bond acceptors (Lipinski definition) is 5. The average Bonchev–Trinajstić information content (AvgIpc) is 2.88. The molecular formula is C16H20F3N3O3S. The molecule has 0 aliphatic carbocycles. The molecule has 6 nitrogen and oxygen atoms in total. The van der Waals surface area contributed by atoms with Crippen molar-refractivity contribution in [2.45, 2.75) is 37.6 Å². The van der Waals surface area contributed by atoms with E-state index in [-0.39, 0.29) is 18.1 Å². The number of fused-ring (bicyclic) bond motifs is 1. The standard InChI is InChI=1S/C16H20F3N3O3S/c17-16(18,19)4-1-15(23)22-8-7-21(9-12-2-5-20-6-3-12)13-10-26(24,25)11-14(13)22/h2-3,5-6,13-14H,1,4,7-11H2/t13-,14+/m1/s1. The van der Waals surface area contributed by atoms with Crippen LogP contribution >= 0.6 is 0 Å². The molecule has 144 valence electrons. The number of rotatable bonds is 4. The normalized spacial score (nSPS) is 25.9. The largest absolute Gasteiger partial charge is 0.389 e. The molecule has 1 amide bonds.